The van der Waals surface area contributed by atoms with Crippen molar-refractivity contribution in [2.45, 2.75) is 48.4 Å². The van der Waals surface area contributed by atoms with Crippen molar-refractivity contribution >= 4 is 15.7 Å². The minimum Gasteiger partial charge on any atom is -0.338 e. The molecule has 1 aromatic heterocycles. The molecule has 5 rings (SSSR count). The molecule has 29 heavy (non-hydrogen) atoms. The Hall–Kier alpha value is -2.73. The Bertz CT molecular complexity index is 1170. The minimum absolute atomic E-state index is 0.471. The molecule has 3 aromatic rings. The predicted octanol–water partition coefficient (Wildman–Crippen LogP) is 4.70. The summed E-state index contributed by atoms with van der Waals surface area (Å²) in [6.45, 7) is 3.20. The Balaban J connectivity index is 1.61. The third-order valence-corrected chi connectivity index (χ3v) is 7.87. The third-order valence-electron chi connectivity index (χ3n) is 6.01. The molecule has 2 aromatic carbocycles. The smallest absolute Gasteiger partial charge is 0.226 e. The highest BCUT2D eigenvalue weighted by molar-refractivity contribution is 7.92. The lowest BCUT2D eigenvalue weighted by Gasteiger charge is -2.39. The van der Waals surface area contributed by atoms with E-state index in [4.69, 9.17) is 14.7 Å². The number of hydrogen-bond acceptors (Lipinski definition) is 5. The van der Waals surface area contributed by atoms with Crippen LogP contribution >= 0.6 is 0 Å². The summed E-state index contributed by atoms with van der Waals surface area (Å²) < 4.78 is 21.9. The van der Waals surface area contributed by atoms with E-state index in [0.29, 0.717) is 15.8 Å². The summed E-state index contributed by atoms with van der Waals surface area (Å²) in [5, 5.41) is 0. The highest BCUT2D eigenvalue weighted by atomic mass is 32.2. The number of anilines is 1. The molecule has 2 atom stereocenters. The van der Waals surface area contributed by atoms with Crippen molar-refractivity contribution in [3.63, 3.8) is 0 Å². The molecule has 1 N–H and O–H groups in total. The first kappa shape index (κ1) is 18.3. The van der Waals surface area contributed by atoms with E-state index in [-0.39, 0.29) is 0 Å². The zero-order valence-electron chi connectivity index (χ0n) is 16.5. The molecule has 1 saturated heterocycles. The van der Waals surface area contributed by atoms with Crippen molar-refractivity contribution < 1.29 is 4.21 Å². The standard InChI is InChI=1S/C23H24N4OS/c1-16-13-14-27(16)23-25-21-12-6-11-20(21)22(26-23)17-7-5-10-19(15-17)29(24,28)18-8-3-2-4-9-18/h2-5,7-10,15-16,24H,6,11-14H2,1H3/t16-,29?/m0/s1. The summed E-state index contributed by atoms with van der Waals surface area (Å²) in [6.07, 6.45) is 4.22. The lowest BCUT2D eigenvalue weighted by Crippen LogP contribution is -2.46. The van der Waals surface area contributed by atoms with Crippen LogP contribution in [-0.2, 0) is 22.6 Å². The molecule has 1 aliphatic heterocycles. The molecule has 1 fully saturated rings. The molecule has 0 bridgehead atoms. The van der Waals surface area contributed by atoms with Gasteiger partial charge in [0.15, 0.2) is 0 Å². The van der Waals surface area contributed by atoms with Gasteiger partial charge in [-0.2, -0.15) is 0 Å². The Kier molecular flexibility index (Phi) is 4.39. The number of nitrogens with zero attached hydrogens (tertiary/aromatic N) is 3. The molecule has 2 heterocycles. The number of nitrogens with one attached hydrogen (secondary N) is 1. The molecule has 2 aliphatic rings. The van der Waals surface area contributed by atoms with Crippen molar-refractivity contribution in [2.75, 3.05) is 11.4 Å². The number of fused-ring (bicyclic) bond motifs is 1. The summed E-state index contributed by atoms with van der Waals surface area (Å²) in [4.78, 5) is 13.1. The maximum absolute atomic E-state index is 13.3. The van der Waals surface area contributed by atoms with Gasteiger partial charge >= 0.3 is 0 Å². The van der Waals surface area contributed by atoms with E-state index in [1.807, 2.05) is 36.4 Å². The van der Waals surface area contributed by atoms with Crippen LogP contribution in [0.15, 0.2) is 64.4 Å². The van der Waals surface area contributed by atoms with Gasteiger partial charge in [0.1, 0.15) is 9.73 Å². The maximum atomic E-state index is 13.3. The first-order valence-corrected chi connectivity index (χ1v) is 11.7. The van der Waals surface area contributed by atoms with Crippen LogP contribution in [0.1, 0.15) is 31.0 Å². The van der Waals surface area contributed by atoms with E-state index >= 15 is 0 Å². The maximum Gasteiger partial charge on any atom is 0.226 e. The second-order valence-electron chi connectivity index (χ2n) is 7.88. The molecule has 1 unspecified atom stereocenters. The van der Waals surface area contributed by atoms with Crippen LogP contribution in [0.5, 0.6) is 0 Å². The quantitative estimate of drug-likeness (QED) is 0.684. The van der Waals surface area contributed by atoms with Crippen LogP contribution in [0.3, 0.4) is 0 Å². The monoisotopic (exact) mass is 404 g/mol. The Labute approximate surface area is 171 Å². The topological polar surface area (TPSA) is 69.9 Å². The molecule has 0 radical (unpaired) electrons. The highest BCUT2D eigenvalue weighted by Crippen LogP contribution is 2.35. The van der Waals surface area contributed by atoms with E-state index in [2.05, 4.69) is 11.8 Å². The molecule has 148 valence electrons. The second-order valence-corrected chi connectivity index (χ2v) is 9.93. The van der Waals surface area contributed by atoms with Gasteiger partial charge in [-0.1, -0.05) is 30.3 Å². The van der Waals surface area contributed by atoms with E-state index < -0.39 is 9.73 Å². The molecule has 0 amide bonds. The summed E-state index contributed by atoms with van der Waals surface area (Å²) in [5.41, 5.74) is 4.21. The van der Waals surface area contributed by atoms with E-state index in [1.54, 1.807) is 18.2 Å². The molecular weight excluding hydrogens is 380 g/mol. The van der Waals surface area contributed by atoms with Crippen molar-refractivity contribution in [3.05, 3.63) is 65.9 Å². The number of benzene rings is 2. The number of aromatic nitrogens is 2. The van der Waals surface area contributed by atoms with Gasteiger partial charge < -0.3 is 4.90 Å². The minimum atomic E-state index is -3.07. The van der Waals surface area contributed by atoms with Gasteiger partial charge in [-0.15, -0.1) is 0 Å². The molecule has 0 spiro atoms. The van der Waals surface area contributed by atoms with Crippen molar-refractivity contribution in [1.82, 2.24) is 9.97 Å². The fourth-order valence-corrected chi connectivity index (χ4v) is 5.55. The Morgan fingerprint density at radius 1 is 1.03 bits per heavy atom. The number of aryl methyl sites for hydroxylation is 1. The van der Waals surface area contributed by atoms with Gasteiger partial charge in [0.25, 0.3) is 0 Å². The van der Waals surface area contributed by atoms with Gasteiger partial charge in [-0.25, -0.2) is 19.0 Å². The normalized spacial score (nSPS) is 20.0. The van der Waals surface area contributed by atoms with Crippen molar-refractivity contribution in [1.29, 1.82) is 4.78 Å². The lowest BCUT2D eigenvalue weighted by molar-refractivity contribution is 0.470. The van der Waals surface area contributed by atoms with E-state index in [9.17, 15) is 4.21 Å². The van der Waals surface area contributed by atoms with Crippen molar-refractivity contribution in [2.24, 2.45) is 0 Å². The van der Waals surface area contributed by atoms with E-state index in [1.165, 1.54) is 12.0 Å². The summed E-state index contributed by atoms with van der Waals surface area (Å²) in [6, 6.07) is 17.1. The van der Waals surface area contributed by atoms with Gasteiger partial charge in [0.05, 0.1) is 15.5 Å². The zero-order valence-corrected chi connectivity index (χ0v) is 17.3. The van der Waals surface area contributed by atoms with Crippen LogP contribution in [0, 0.1) is 4.78 Å². The van der Waals surface area contributed by atoms with Gasteiger partial charge in [-0.3, -0.25) is 0 Å². The average molecular weight is 405 g/mol. The van der Waals surface area contributed by atoms with Gasteiger partial charge in [0.2, 0.25) is 5.95 Å². The molecular formula is C23H24N4OS. The zero-order chi connectivity index (χ0) is 20.0. The summed E-state index contributed by atoms with van der Waals surface area (Å²) >= 11 is 0. The number of hydrogen-bond donors (Lipinski definition) is 1. The van der Waals surface area contributed by atoms with Crippen LogP contribution in [0.4, 0.5) is 5.95 Å². The molecule has 6 heteroatoms. The van der Waals surface area contributed by atoms with Crippen LogP contribution in [0.25, 0.3) is 11.3 Å². The molecule has 1 aliphatic carbocycles. The Morgan fingerprint density at radius 2 is 1.83 bits per heavy atom. The third kappa shape index (κ3) is 3.12. The molecule has 0 saturated carbocycles. The SMILES string of the molecule is C[C@H]1CCN1c1nc2c(c(-c3cccc(S(=N)(=O)c4ccccc4)c3)n1)CCC2. The first-order chi connectivity index (χ1) is 14.0. The van der Waals surface area contributed by atoms with E-state index in [0.717, 1.165) is 48.7 Å². The van der Waals surface area contributed by atoms with Crippen LogP contribution in [-0.4, -0.2) is 26.8 Å². The van der Waals surface area contributed by atoms with Crippen LogP contribution < -0.4 is 4.90 Å². The van der Waals surface area contributed by atoms with Gasteiger partial charge in [0, 0.05) is 29.4 Å². The highest BCUT2D eigenvalue weighted by Gasteiger charge is 2.29. The van der Waals surface area contributed by atoms with Crippen molar-refractivity contribution in [3.8, 4) is 11.3 Å². The lowest BCUT2D eigenvalue weighted by atomic mass is 10.0. The van der Waals surface area contributed by atoms with Crippen LogP contribution in [0.2, 0.25) is 0 Å². The molecule has 5 nitrogen and oxygen atoms in total. The van der Waals surface area contributed by atoms with Gasteiger partial charge in [-0.05, 0) is 56.9 Å². The summed E-state index contributed by atoms with van der Waals surface area (Å²) in [7, 11) is -3.07. The fourth-order valence-electron chi connectivity index (χ4n) is 4.17. The summed E-state index contributed by atoms with van der Waals surface area (Å²) in [5.74, 6) is 0.805. The Morgan fingerprint density at radius 3 is 2.55 bits per heavy atom. The number of rotatable bonds is 4. The largest absolute Gasteiger partial charge is 0.338 e. The fraction of sp³-hybridized carbons (Fsp3) is 0.304. The average Bonchev–Trinajstić information content (AvgIpc) is 3.21. The first-order valence-electron chi connectivity index (χ1n) is 10.1. The second kappa shape index (κ2) is 6.95. The predicted molar refractivity (Wildman–Crippen MR) is 115 cm³/mol.